The number of anilines is 1. The van der Waals surface area contributed by atoms with Crippen molar-refractivity contribution in [1.29, 1.82) is 0 Å². The molecule has 3 aliphatic heterocycles. The zero-order valence-electron chi connectivity index (χ0n) is 15.3. The fraction of sp³-hybridized carbons (Fsp3) is 0.333. The summed E-state index contributed by atoms with van der Waals surface area (Å²) < 4.78 is 0. The first-order chi connectivity index (χ1) is 13.5. The number of hydrogen-bond donors (Lipinski definition) is 0. The van der Waals surface area contributed by atoms with Gasteiger partial charge < -0.3 is 0 Å². The van der Waals surface area contributed by atoms with Gasteiger partial charge in [0.25, 0.3) is 5.91 Å². The van der Waals surface area contributed by atoms with E-state index in [1.54, 1.807) is 12.1 Å². The highest BCUT2D eigenvalue weighted by atomic mass is 35.5. The Hall–Kier alpha value is -1.92. The summed E-state index contributed by atoms with van der Waals surface area (Å²) in [7, 11) is 0. The molecule has 5 nitrogen and oxygen atoms in total. The van der Waals surface area contributed by atoms with Gasteiger partial charge >= 0.3 is 0 Å². The summed E-state index contributed by atoms with van der Waals surface area (Å²) in [5.41, 5.74) is 2.55. The van der Waals surface area contributed by atoms with E-state index in [0.29, 0.717) is 15.7 Å². The van der Waals surface area contributed by atoms with Gasteiger partial charge in [0, 0.05) is 23.1 Å². The van der Waals surface area contributed by atoms with Crippen LogP contribution in [0, 0.1) is 12.8 Å². The molecule has 3 aliphatic rings. The number of carbonyl (C=O) groups is 2. The molecule has 3 fully saturated rings. The first kappa shape index (κ1) is 18.1. The highest BCUT2D eigenvalue weighted by Gasteiger charge is 2.63. The van der Waals surface area contributed by atoms with Crippen molar-refractivity contribution in [3.63, 3.8) is 0 Å². The largest absolute Gasteiger partial charge is 0.274 e. The molecule has 5 rings (SSSR count). The molecule has 7 heteroatoms. The third-order valence-electron chi connectivity index (χ3n) is 5.98. The minimum Gasteiger partial charge on any atom is -0.274 e. The molecule has 0 saturated carbocycles. The Morgan fingerprint density at radius 1 is 0.893 bits per heavy atom. The van der Waals surface area contributed by atoms with E-state index >= 15 is 0 Å². The van der Waals surface area contributed by atoms with E-state index in [1.807, 2.05) is 37.3 Å². The number of nitrogens with zero attached hydrogens (tertiary/aromatic N) is 3. The van der Waals surface area contributed by atoms with Crippen LogP contribution in [-0.4, -0.2) is 41.0 Å². The molecule has 0 aromatic heterocycles. The number of carbonyl (C=O) groups excluding carboxylic acids is 2. The highest BCUT2D eigenvalue weighted by Crippen LogP contribution is 2.50. The van der Waals surface area contributed by atoms with Crippen LogP contribution < -0.4 is 4.90 Å². The van der Waals surface area contributed by atoms with Crippen LogP contribution in [-0.2, 0) is 9.59 Å². The Labute approximate surface area is 173 Å². The lowest BCUT2D eigenvalue weighted by molar-refractivity contribution is -0.126. The maximum absolute atomic E-state index is 13.5. The lowest BCUT2D eigenvalue weighted by Gasteiger charge is -2.30. The predicted octanol–water partition coefficient (Wildman–Crippen LogP) is 3.84. The Bertz CT molecular complexity index is 978. The molecule has 0 radical (unpaired) electrons. The molecule has 2 aromatic carbocycles. The molecular weight excluding hydrogens is 397 g/mol. The van der Waals surface area contributed by atoms with Crippen LogP contribution in [0.3, 0.4) is 0 Å². The second-order valence-corrected chi connectivity index (χ2v) is 8.45. The van der Waals surface area contributed by atoms with Crippen LogP contribution in [0.5, 0.6) is 0 Å². The normalized spacial score (nSPS) is 27.5. The number of halogens is 2. The standard InChI is InChI=1S/C21H19Cl2N3O2/c1-12-3-6-14(7-4-12)26-20(27)17-18(15-8-5-13(22)11-16(15)23)24-9-2-10-25(24)19(17)21(26)28/h3-8,11,17-19H,2,9-10H2,1H3/t17-,18+,19+/m1/s1. The molecule has 0 bridgehead atoms. The number of imide groups is 1. The summed E-state index contributed by atoms with van der Waals surface area (Å²) in [6.45, 7) is 3.55. The van der Waals surface area contributed by atoms with Gasteiger partial charge in [-0.1, -0.05) is 47.0 Å². The number of amides is 2. The van der Waals surface area contributed by atoms with E-state index in [9.17, 15) is 9.59 Å². The van der Waals surface area contributed by atoms with Gasteiger partial charge in [-0.2, -0.15) is 0 Å². The van der Waals surface area contributed by atoms with Crippen molar-refractivity contribution in [2.75, 3.05) is 18.0 Å². The van der Waals surface area contributed by atoms with Crippen LogP contribution in [0.4, 0.5) is 5.69 Å². The van der Waals surface area contributed by atoms with Gasteiger partial charge in [-0.05, 0) is 43.2 Å². The molecule has 0 spiro atoms. The monoisotopic (exact) mass is 415 g/mol. The maximum Gasteiger partial charge on any atom is 0.253 e. The maximum atomic E-state index is 13.5. The van der Waals surface area contributed by atoms with Crippen molar-refractivity contribution in [2.24, 2.45) is 5.92 Å². The van der Waals surface area contributed by atoms with Crippen LogP contribution in [0.1, 0.15) is 23.6 Å². The predicted molar refractivity (Wildman–Crippen MR) is 108 cm³/mol. The summed E-state index contributed by atoms with van der Waals surface area (Å²) in [4.78, 5) is 28.1. The molecule has 2 amide bonds. The molecule has 2 aromatic rings. The minimum absolute atomic E-state index is 0.154. The van der Waals surface area contributed by atoms with Crippen LogP contribution in [0.25, 0.3) is 0 Å². The molecule has 3 atom stereocenters. The van der Waals surface area contributed by atoms with Crippen molar-refractivity contribution in [1.82, 2.24) is 10.0 Å². The van der Waals surface area contributed by atoms with Gasteiger partial charge in [0.05, 0.1) is 17.6 Å². The van der Waals surface area contributed by atoms with E-state index in [0.717, 1.165) is 30.6 Å². The first-order valence-corrected chi connectivity index (χ1v) is 10.2. The topological polar surface area (TPSA) is 43.9 Å². The molecule has 144 valence electrons. The van der Waals surface area contributed by atoms with E-state index in [2.05, 4.69) is 10.0 Å². The fourth-order valence-corrected chi connectivity index (χ4v) is 5.30. The lowest BCUT2D eigenvalue weighted by atomic mass is 9.90. The zero-order valence-corrected chi connectivity index (χ0v) is 16.8. The SMILES string of the molecule is Cc1ccc(N2C(=O)[C@H]3[C@@H](C2=O)N2CCCN2[C@H]3c2ccc(Cl)cc2Cl)cc1. The van der Waals surface area contributed by atoms with Crippen molar-refractivity contribution in [3.8, 4) is 0 Å². The summed E-state index contributed by atoms with van der Waals surface area (Å²) in [6.07, 6.45) is 0.955. The second-order valence-electron chi connectivity index (χ2n) is 7.61. The molecule has 3 saturated heterocycles. The van der Waals surface area contributed by atoms with Crippen LogP contribution >= 0.6 is 23.2 Å². The number of aryl methyl sites for hydroxylation is 1. The summed E-state index contributed by atoms with van der Waals surface area (Å²) in [5.74, 6) is -0.796. The smallest absolute Gasteiger partial charge is 0.253 e. The summed E-state index contributed by atoms with van der Waals surface area (Å²) in [6, 6.07) is 12.1. The number of hydrogen-bond acceptors (Lipinski definition) is 4. The number of hydrazine groups is 1. The third-order valence-corrected chi connectivity index (χ3v) is 6.54. The zero-order chi connectivity index (χ0) is 19.6. The van der Waals surface area contributed by atoms with Crippen molar-refractivity contribution >= 4 is 40.7 Å². The number of fused-ring (bicyclic) bond motifs is 3. The number of benzene rings is 2. The third kappa shape index (κ3) is 2.54. The van der Waals surface area contributed by atoms with Crippen molar-refractivity contribution < 1.29 is 9.59 Å². The van der Waals surface area contributed by atoms with Crippen molar-refractivity contribution in [3.05, 3.63) is 63.6 Å². The van der Waals surface area contributed by atoms with Crippen molar-refractivity contribution in [2.45, 2.75) is 25.4 Å². The Morgan fingerprint density at radius 2 is 1.57 bits per heavy atom. The summed E-state index contributed by atoms with van der Waals surface area (Å²) in [5, 5.41) is 5.29. The van der Waals surface area contributed by atoms with Crippen LogP contribution in [0.2, 0.25) is 10.0 Å². The molecule has 0 unspecified atom stereocenters. The summed E-state index contributed by atoms with van der Waals surface area (Å²) >= 11 is 12.6. The van der Waals surface area contributed by atoms with Gasteiger partial charge in [-0.15, -0.1) is 0 Å². The van der Waals surface area contributed by atoms with Gasteiger partial charge in [-0.3, -0.25) is 9.59 Å². The Balaban J connectivity index is 1.60. The number of rotatable bonds is 2. The van der Waals surface area contributed by atoms with E-state index in [4.69, 9.17) is 23.2 Å². The van der Waals surface area contributed by atoms with E-state index in [1.165, 1.54) is 4.90 Å². The minimum atomic E-state index is -0.479. The average Bonchev–Trinajstić information content (AvgIpc) is 3.30. The van der Waals surface area contributed by atoms with Gasteiger partial charge in [0.15, 0.2) is 0 Å². The molecule has 28 heavy (non-hydrogen) atoms. The van der Waals surface area contributed by atoms with E-state index < -0.39 is 12.0 Å². The fourth-order valence-electron chi connectivity index (χ4n) is 4.78. The highest BCUT2D eigenvalue weighted by molar-refractivity contribution is 6.35. The molecule has 0 N–H and O–H groups in total. The van der Waals surface area contributed by atoms with E-state index in [-0.39, 0.29) is 17.9 Å². The van der Waals surface area contributed by atoms with Gasteiger partial charge in [0.1, 0.15) is 6.04 Å². The average molecular weight is 416 g/mol. The molecule has 3 heterocycles. The quantitative estimate of drug-likeness (QED) is 0.698. The molecular formula is C21H19Cl2N3O2. The second kappa shape index (κ2) is 6.56. The lowest BCUT2D eigenvalue weighted by Crippen LogP contribution is -2.44. The first-order valence-electron chi connectivity index (χ1n) is 9.40. The van der Waals surface area contributed by atoms with Gasteiger partial charge in [-0.25, -0.2) is 14.9 Å². The Kier molecular flexibility index (Phi) is 4.25. The van der Waals surface area contributed by atoms with Gasteiger partial charge in [0.2, 0.25) is 5.91 Å². The van der Waals surface area contributed by atoms with Crippen LogP contribution in [0.15, 0.2) is 42.5 Å². The Morgan fingerprint density at radius 3 is 2.25 bits per heavy atom. The molecule has 0 aliphatic carbocycles.